The molecule has 4 heteroatoms. The summed E-state index contributed by atoms with van der Waals surface area (Å²) in [5.74, 6) is -0.181. The summed E-state index contributed by atoms with van der Waals surface area (Å²) in [4.78, 5) is 0. The zero-order valence-electron chi connectivity index (χ0n) is 11.3. The summed E-state index contributed by atoms with van der Waals surface area (Å²) in [6, 6.07) is 4.01. The van der Waals surface area contributed by atoms with Gasteiger partial charge in [-0.15, -0.1) is 0 Å². The standard InChI is InChI=1S/C15H22FNO2/c1-10(13-7-6-12(16)8-15(13)19)17-9-11-4-2-3-5-14(11)18/h6-8,10-11,14,17-19H,2-5,9H2,1H3. The minimum atomic E-state index is -0.434. The molecule has 106 valence electrons. The molecule has 0 heterocycles. The number of rotatable bonds is 4. The number of aliphatic hydroxyl groups is 1. The third kappa shape index (κ3) is 3.67. The summed E-state index contributed by atoms with van der Waals surface area (Å²) < 4.78 is 12.9. The zero-order chi connectivity index (χ0) is 13.8. The van der Waals surface area contributed by atoms with E-state index in [4.69, 9.17) is 0 Å². The molecule has 3 N–H and O–H groups in total. The SMILES string of the molecule is CC(NCC1CCCCC1O)c1ccc(F)cc1O. The Morgan fingerprint density at radius 1 is 1.37 bits per heavy atom. The molecule has 0 bridgehead atoms. The monoisotopic (exact) mass is 267 g/mol. The van der Waals surface area contributed by atoms with E-state index < -0.39 is 5.82 Å². The number of aliphatic hydroxyl groups excluding tert-OH is 1. The molecule has 2 rings (SSSR count). The molecule has 1 aromatic carbocycles. The van der Waals surface area contributed by atoms with Gasteiger partial charge in [0.2, 0.25) is 0 Å². The van der Waals surface area contributed by atoms with Crippen LogP contribution < -0.4 is 5.32 Å². The lowest BCUT2D eigenvalue weighted by Gasteiger charge is -2.29. The van der Waals surface area contributed by atoms with Crippen molar-refractivity contribution in [1.82, 2.24) is 5.32 Å². The largest absolute Gasteiger partial charge is 0.508 e. The molecule has 3 unspecified atom stereocenters. The molecule has 3 atom stereocenters. The minimum absolute atomic E-state index is 0.0239. The van der Waals surface area contributed by atoms with E-state index in [0.29, 0.717) is 5.56 Å². The van der Waals surface area contributed by atoms with Gasteiger partial charge in [0.1, 0.15) is 11.6 Å². The zero-order valence-corrected chi connectivity index (χ0v) is 11.3. The van der Waals surface area contributed by atoms with Gasteiger partial charge in [0.25, 0.3) is 0 Å². The van der Waals surface area contributed by atoms with Crippen molar-refractivity contribution < 1.29 is 14.6 Å². The van der Waals surface area contributed by atoms with Crippen molar-refractivity contribution in [2.45, 2.75) is 44.8 Å². The van der Waals surface area contributed by atoms with Crippen molar-refractivity contribution in [3.63, 3.8) is 0 Å². The fourth-order valence-corrected chi connectivity index (χ4v) is 2.75. The second-order valence-electron chi connectivity index (χ2n) is 5.44. The first-order chi connectivity index (χ1) is 9.08. The van der Waals surface area contributed by atoms with E-state index >= 15 is 0 Å². The van der Waals surface area contributed by atoms with Gasteiger partial charge < -0.3 is 15.5 Å². The molecule has 1 fully saturated rings. The number of nitrogens with one attached hydrogen (secondary N) is 1. The summed E-state index contributed by atoms with van der Waals surface area (Å²) in [6.45, 7) is 2.65. The van der Waals surface area contributed by atoms with Crippen LogP contribution in [0, 0.1) is 11.7 Å². The summed E-state index contributed by atoms with van der Waals surface area (Å²) in [7, 11) is 0. The van der Waals surface area contributed by atoms with Crippen molar-refractivity contribution in [3.8, 4) is 5.75 Å². The molecule has 1 aromatic rings. The Morgan fingerprint density at radius 3 is 2.79 bits per heavy atom. The number of aromatic hydroxyl groups is 1. The maximum atomic E-state index is 12.9. The number of hydrogen-bond donors (Lipinski definition) is 3. The minimum Gasteiger partial charge on any atom is -0.508 e. The lowest BCUT2D eigenvalue weighted by Crippen LogP contribution is -2.34. The Morgan fingerprint density at radius 2 is 2.11 bits per heavy atom. The summed E-state index contributed by atoms with van der Waals surface area (Å²) in [5, 5.41) is 22.9. The lowest BCUT2D eigenvalue weighted by atomic mass is 9.86. The fourth-order valence-electron chi connectivity index (χ4n) is 2.75. The molecule has 0 spiro atoms. The summed E-state index contributed by atoms with van der Waals surface area (Å²) in [6.07, 6.45) is 3.96. The van der Waals surface area contributed by atoms with Crippen LogP contribution in [0.25, 0.3) is 0 Å². The topological polar surface area (TPSA) is 52.5 Å². The second-order valence-corrected chi connectivity index (χ2v) is 5.44. The summed E-state index contributed by atoms with van der Waals surface area (Å²) >= 11 is 0. The third-order valence-electron chi connectivity index (χ3n) is 4.01. The molecule has 1 aliphatic rings. The smallest absolute Gasteiger partial charge is 0.126 e. The first kappa shape index (κ1) is 14.3. The quantitative estimate of drug-likeness (QED) is 0.786. The van der Waals surface area contributed by atoms with E-state index in [1.165, 1.54) is 12.5 Å². The molecule has 0 amide bonds. The Hall–Kier alpha value is -1.13. The third-order valence-corrected chi connectivity index (χ3v) is 4.01. The maximum Gasteiger partial charge on any atom is 0.126 e. The average molecular weight is 267 g/mol. The molecule has 1 aliphatic carbocycles. The van der Waals surface area contributed by atoms with Crippen LogP contribution in [0.4, 0.5) is 4.39 Å². The first-order valence-corrected chi connectivity index (χ1v) is 6.98. The van der Waals surface area contributed by atoms with E-state index in [0.717, 1.165) is 31.9 Å². The van der Waals surface area contributed by atoms with Crippen LogP contribution in [0.2, 0.25) is 0 Å². The van der Waals surface area contributed by atoms with E-state index in [-0.39, 0.29) is 23.8 Å². The average Bonchev–Trinajstić information content (AvgIpc) is 2.37. The predicted molar refractivity (Wildman–Crippen MR) is 72.4 cm³/mol. The highest BCUT2D eigenvalue weighted by atomic mass is 19.1. The highest BCUT2D eigenvalue weighted by Crippen LogP contribution is 2.27. The van der Waals surface area contributed by atoms with Gasteiger partial charge in [-0.05, 0) is 31.7 Å². The van der Waals surface area contributed by atoms with Gasteiger partial charge in [0, 0.05) is 24.2 Å². The van der Waals surface area contributed by atoms with Crippen LogP contribution in [0.1, 0.15) is 44.2 Å². The molecule has 0 aromatic heterocycles. The van der Waals surface area contributed by atoms with Crippen LogP contribution in [0.3, 0.4) is 0 Å². The molecule has 0 aliphatic heterocycles. The van der Waals surface area contributed by atoms with E-state index in [9.17, 15) is 14.6 Å². The molecule has 19 heavy (non-hydrogen) atoms. The number of benzene rings is 1. The Labute approximate surface area is 113 Å². The van der Waals surface area contributed by atoms with Crippen LogP contribution in [-0.2, 0) is 0 Å². The molecule has 1 saturated carbocycles. The van der Waals surface area contributed by atoms with Gasteiger partial charge in [-0.2, -0.15) is 0 Å². The van der Waals surface area contributed by atoms with Crippen molar-refractivity contribution in [2.75, 3.05) is 6.54 Å². The van der Waals surface area contributed by atoms with Gasteiger partial charge >= 0.3 is 0 Å². The van der Waals surface area contributed by atoms with Gasteiger partial charge in [0.05, 0.1) is 6.10 Å². The normalized spacial score (nSPS) is 25.2. The van der Waals surface area contributed by atoms with Crippen molar-refractivity contribution in [3.05, 3.63) is 29.6 Å². The molecule has 0 radical (unpaired) electrons. The van der Waals surface area contributed by atoms with Crippen LogP contribution in [0.15, 0.2) is 18.2 Å². The summed E-state index contributed by atoms with van der Waals surface area (Å²) in [5.41, 5.74) is 0.687. The predicted octanol–water partition coefficient (Wildman–Crippen LogP) is 2.73. The Kier molecular flexibility index (Phi) is 4.77. The van der Waals surface area contributed by atoms with Crippen LogP contribution in [-0.4, -0.2) is 22.9 Å². The van der Waals surface area contributed by atoms with Crippen molar-refractivity contribution >= 4 is 0 Å². The van der Waals surface area contributed by atoms with Gasteiger partial charge in [-0.3, -0.25) is 0 Å². The van der Waals surface area contributed by atoms with Gasteiger partial charge in [0.15, 0.2) is 0 Å². The maximum absolute atomic E-state index is 12.9. The van der Waals surface area contributed by atoms with E-state index in [2.05, 4.69) is 5.32 Å². The Bertz CT molecular complexity index is 425. The lowest BCUT2D eigenvalue weighted by molar-refractivity contribution is 0.0684. The van der Waals surface area contributed by atoms with E-state index in [1.807, 2.05) is 6.92 Å². The van der Waals surface area contributed by atoms with Crippen LogP contribution >= 0.6 is 0 Å². The van der Waals surface area contributed by atoms with Crippen molar-refractivity contribution in [2.24, 2.45) is 5.92 Å². The number of hydrogen-bond acceptors (Lipinski definition) is 3. The highest BCUT2D eigenvalue weighted by molar-refractivity contribution is 5.34. The van der Waals surface area contributed by atoms with Gasteiger partial charge in [-0.25, -0.2) is 4.39 Å². The molecule has 3 nitrogen and oxygen atoms in total. The Balaban J connectivity index is 1.91. The molecular weight excluding hydrogens is 245 g/mol. The first-order valence-electron chi connectivity index (χ1n) is 6.98. The number of phenols is 1. The molecule has 0 saturated heterocycles. The second kappa shape index (κ2) is 6.35. The molecular formula is C15H22FNO2. The fraction of sp³-hybridized carbons (Fsp3) is 0.600. The van der Waals surface area contributed by atoms with Crippen LogP contribution in [0.5, 0.6) is 5.75 Å². The number of phenolic OH excluding ortho intramolecular Hbond substituents is 1. The highest BCUT2D eigenvalue weighted by Gasteiger charge is 2.23. The van der Waals surface area contributed by atoms with Crippen molar-refractivity contribution in [1.29, 1.82) is 0 Å². The number of halogens is 1. The van der Waals surface area contributed by atoms with E-state index in [1.54, 1.807) is 6.07 Å². The van der Waals surface area contributed by atoms with Gasteiger partial charge in [-0.1, -0.05) is 18.9 Å².